The molecule has 0 radical (unpaired) electrons. The Bertz CT molecular complexity index is 755. The molecule has 4 nitrogen and oxygen atoms in total. The van der Waals surface area contributed by atoms with E-state index in [4.69, 9.17) is 21.1 Å². The largest absolute Gasteiger partial charge is 0.497 e. The first kappa shape index (κ1) is 18.7. The molecule has 1 aliphatic rings. The van der Waals surface area contributed by atoms with Crippen LogP contribution in [0, 0.1) is 5.92 Å². The van der Waals surface area contributed by atoms with E-state index in [1.807, 2.05) is 30.3 Å². The third-order valence-electron chi connectivity index (χ3n) is 4.80. The van der Waals surface area contributed by atoms with E-state index in [-0.39, 0.29) is 11.7 Å². The number of nitrogens with zero attached hydrogens (tertiary/aromatic N) is 1. The fourth-order valence-corrected chi connectivity index (χ4v) is 3.70. The summed E-state index contributed by atoms with van der Waals surface area (Å²) >= 11 is 6.03. The summed E-state index contributed by atoms with van der Waals surface area (Å²) in [5, 5.41) is 0.604. The Morgan fingerprint density at radius 1 is 1.15 bits per heavy atom. The number of hydrogen-bond donors (Lipinski definition) is 0. The summed E-state index contributed by atoms with van der Waals surface area (Å²) in [7, 11) is 3.30. The van der Waals surface area contributed by atoms with Gasteiger partial charge in [-0.15, -0.1) is 0 Å². The van der Waals surface area contributed by atoms with Crippen LogP contribution in [0.15, 0.2) is 42.5 Å². The number of ether oxygens (including phenoxy) is 2. The fraction of sp³-hybridized carbons (Fsp3) is 0.381. The van der Waals surface area contributed by atoms with E-state index in [2.05, 4.69) is 4.90 Å². The van der Waals surface area contributed by atoms with E-state index in [0.29, 0.717) is 10.6 Å². The maximum atomic E-state index is 12.8. The van der Waals surface area contributed by atoms with Crippen molar-refractivity contribution in [3.8, 4) is 11.5 Å². The summed E-state index contributed by atoms with van der Waals surface area (Å²) in [6.07, 6.45) is 1.93. The van der Waals surface area contributed by atoms with Gasteiger partial charge >= 0.3 is 0 Å². The average molecular weight is 374 g/mol. The van der Waals surface area contributed by atoms with Gasteiger partial charge in [-0.2, -0.15) is 0 Å². The van der Waals surface area contributed by atoms with Gasteiger partial charge in [0.2, 0.25) is 0 Å². The maximum Gasteiger partial charge on any atom is 0.167 e. The Hall–Kier alpha value is -2.04. The van der Waals surface area contributed by atoms with Crippen molar-refractivity contribution < 1.29 is 14.3 Å². The molecule has 0 bridgehead atoms. The summed E-state index contributed by atoms with van der Waals surface area (Å²) in [4.78, 5) is 15.1. The first-order chi connectivity index (χ1) is 12.6. The van der Waals surface area contributed by atoms with Crippen molar-refractivity contribution in [1.29, 1.82) is 0 Å². The number of likely N-dealkylation sites (tertiary alicyclic amines) is 1. The van der Waals surface area contributed by atoms with Gasteiger partial charge in [0.1, 0.15) is 11.5 Å². The molecule has 1 aliphatic heterocycles. The lowest BCUT2D eigenvalue weighted by Gasteiger charge is -2.32. The van der Waals surface area contributed by atoms with Crippen LogP contribution in [-0.2, 0) is 6.54 Å². The number of carbonyl (C=O) groups is 1. The summed E-state index contributed by atoms with van der Waals surface area (Å²) in [5.74, 6) is 1.75. The van der Waals surface area contributed by atoms with Gasteiger partial charge in [-0.3, -0.25) is 9.69 Å². The minimum absolute atomic E-state index is 0.00900. The number of Topliss-reactive ketones (excluding diaryl/α,β-unsaturated/α-hetero) is 1. The number of hydrogen-bond acceptors (Lipinski definition) is 4. The second-order valence-electron chi connectivity index (χ2n) is 6.67. The molecular weight excluding hydrogens is 350 g/mol. The monoisotopic (exact) mass is 373 g/mol. The number of methoxy groups -OCH3 is 2. The van der Waals surface area contributed by atoms with Gasteiger partial charge in [-0.1, -0.05) is 23.7 Å². The van der Waals surface area contributed by atoms with Gasteiger partial charge in [-0.05, 0) is 49.2 Å². The second kappa shape index (κ2) is 8.56. The van der Waals surface area contributed by atoms with Gasteiger partial charge in [-0.25, -0.2) is 0 Å². The Balaban J connectivity index is 1.70. The zero-order valence-corrected chi connectivity index (χ0v) is 16.0. The summed E-state index contributed by atoms with van der Waals surface area (Å²) in [6, 6.07) is 13.1. The average Bonchev–Trinajstić information content (AvgIpc) is 2.67. The van der Waals surface area contributed by atoms with Crippen LogP contribution in [0.4, 0.5) is 0 Å². The summed E-state index contributed by atoms with van der Waals surface area (Å²) in [6.45, 7) is 2.51. The molecule has 0 N–H and O–H groups in total. The Kier molecular flexibility index (Phi) is 6.17. The molecule has 26 heavy (non-hydrogen) atoms. The highest BCUT2D eigenvalue weighted by Crippen LogP contribution is 2.27. The normalized spacial score (nSPS) is 17.7. The van der Waals surface area contributed by atoms with E-state index in [9.17, 15) is 4.79 Å². The third kappa shape index (κ3) is 4.57. The van der Waals surface area contributed by atoms with E-state index < -0.39 is 0 Å². The van der Waals surface area contributed by atoms with Crippen LogP contribution in [0.1, 0.15) is 28.8 Å². The number of piperidine rings is 1. The molecule has 0 unspecified atom stereocenters. The zero-order valence-electron chi connectivity index (χ0n) is 15.2. The summed E-state index contributed by atoms with van der Waals surface area (Å²) in [5.41, 5.74) is 1.82. The van der Waals surface area contributed by atoms with Gasteiger partial charge in [0.15, 0.2) is 5.78 Å². The van der Waals surface area contributed by atoms with E-state index in [1.165, 1.54) is 0 Å². The van der Waals surface area contributed by atoms with Gasteiger partial charge in [0.25, 0.3) is 0 Å². The quantitative estimate of drug-likeness (QED) is 0.701. The van der Waals surface area contributed by atoms with Crippen molar-refractivity contribution in [2.24, 2.45) is 5.92 Å². The van der Waals surface area contributed by atoms with Gasteiger partial charge in [0, 0.05) is 35.7 Å². The molecule has 1 atom stereocenters. The topological polar surface area (TPSA) is 38.8 Å². The third-order valence-corrected chi connectivity index (χ3v) is 5.04. The van der Waals surface area contributed by atoms with Crippen molar-refractivity contribution in [2.45, 2.75) is 19.4 Å². The van der Waals surface area contributed by atoms with Crippen molar-refractivity contribution in [3.05, 3.63) is 58.6 Å². The van der Waals surface area contributed by atoms with E-state index in [0.717, 1.165) is 49.5 Å². The minimum Gasteiger partial charge on any atom is -0.497 e. The molecular formula is C21H24ClNO3. The molecule has 0 saturated carbocycles. The number of rotatable bonds is 6. The van der Waals surface area contributed by atoms with Crippen molar-refractivity contribution in [1.82, 2.24) is 4.90 Å². The number of carbonyl (C=O) groups excluding carboxylic acids is 1. The zero-order chi connectivity index (χ0) is 18.5. The van der Waals surface area contributed by atoms with Crippen LogP contribution < -0.4 is 9.47 Å². The molecule has 1 heterocycles. The lowest BCUT2D eigenvalue weighted by molar-refractivity contribution is 0.0811. The van der Waals surface area contributed by atoms with Gasteiger partial charge < -0.3 is 9.47 Å². The lowest BCUT2D eigenvalue weighted by atomic mass is 9.90. The van der Waals surface area contributed by atoms with E-state index in [1.54, 1.807) is 26.4 Å². The molecule has 0 spiro atoms. The Labute approximate surface area is 159 Å². The predicted octanol–water partition coefficient (Wildman–Crippen LogP) is 4.45. The highest BCUT2D eigenvalue weighted by Gasteiger charge is 2.26. The predicted molar refractivity (Wildman–Crippen MR) is 103 cm³/mol. The number of ketones is 1. The molecule has 0 amide bonds. The molecule has 2 aromatic carbocycles. The molecule has 0 aromatic heterocycles. The SMILES string of the molecule is COc1cc(CN2CCC[C@H](C(=O)c3cccc(Cl)c3)C2)cc(OC)c1. The van der Waals surface area contributed by atoms with Crippen molar-refractivity contribution in [3.63, 3.8) is 0 Å². The molecule has 138 valence electrons. The molecule has 1 saturated heterocycles. The van der Waals surface area contributed by atoms with E-state index >= 15 is 0 Å². The number of halogens is 1. The Morgan fingerprint density at radius 3 is 2.54 bits per heavy atom. The minimum atomic E-state index is 0.00900. The standard InChI is InChI=1S/C21H24ClNO3/c1-25-19-9-15(10-20(12-19)26-2)13-23-8-4-6-17(14-23)21(24)16-5-3-7-18(22)11-16/h3,5,7,9-12,17H,4,6,8,13-14H2,1-2H3/t17-/m0/s1. The van der Waals surface area contributed by atoms with Gasteiger partial charge in [0.05, 0.1) is 14.2 Å². The van der Waals surface area contributed by atoms with Crippen LogP contribution in [0.2, 0.25) is 5.02 Å². The molecule has 2 aromatic rings. The van der Waals surface area contributed by atoms with Crippen LogP contribution in [0.25, 0.3) is 0 Å². The fourth-order valence-electron chi connectivity index (χ4n) is 3.51. The molecule has 5 heteroatoms. The van der Waals surface area contributed by atoms with Crippen molar-refractivity contribution in [2.75, 3.05) is 27.3 Å². The highest BCUT2D eigenvalue weighted by molar-refractivity contribution is 6.31. The highest BCUT2D eigenvalue weighted by atomic mass is 35.5. The summed E-state index contributed by atoms with van der Waals surface area (Å²) < 4.78 is 10.7. The maximum absolute atomic E-state index is 12.8. The second-order valence-corrected chi connectivity index (χ2v) is 7.11. The smallest absolute Gasteiger partial charge is 0.167 e. The first-order valence-corrected chi connectivity index (χ1v) is 9.21. The molecule has 3 rings (SSSR count). The Morgan fingerprint density at radius 2 is 1.88 bits per heavy atom. The lowest BCUT2D eigenvalue weighted by Crippen LogP contribution is -2.38. The molecule has 0 aliphatic carbocycles. The first-order valence-electron chi connectivity index (χ1n) is 8.83. The van der Waals surface area contributed by atoms with Crippen LogP contribution in [-0.4, -0.2) is 38.0 Å². The van der Waals surface area contributed by atoms with Crippen molar-refractivity contribution >= 4 is 17.4 Å². The van der Waals surface area contributed by atoms with Crippen LogP contribution in [0.3, 0.4) is 0 Å². The van der Waals surface area contributed by atoms with Crippen LogP contribution >= 0.6 is 11.6 Å². The number of benzene rings is 2. The van der Waals surface area contributed by atoms with Crippen LogP contribution in [0.5, 0.6) is 11.5 Å². The molecule has 1 fully saturated rings.